The molecule has 1 amide bonds. The Morgan fingerprint density at radius 1 is 1.50 bits per heavy atom. The first kappa shape index (κ1) is 14.1. The van der Waals surface area contributed by atoms with Crippen LogP contribution in [-0.4, -0.2) is 42.3 Å². The number of benzene rings is 1. The van der Waals surface area contributed by atoms with Gasteiger partial charge in [-0.3, -0.25) is 9.79 Å². The molecule has 5 nitrogen and oxygen atoms in total. The number of hydrogen-bond donors (Lipinski definition) is 1. The average molecular weight is 274 g/mol. The number of carbonyl (C=O) groups is 1. The summed E-state index contributed by atoms with van der Waals surface area (Å²) in [6.45, 7) is 2.63. The van der Waals surface area contributed by atoms with Gasteiger partial charge in [0, 0.05) is 18.8 Å². The minimum atomic E-state index is -0.0251. The van der Waals surface area contributed by atoms with Crippen molar-refractivity contribution in [2.75, 3.05) is 13.7 Å². The van der Waals surface area contributed by atoms with Gasteiger partial charge in [0.1, 0.15) is 0 Å². The fourth-order valence-corrected chi connectivity index (χ4v) is 2.20. The minimum absolute atomic E-state index is 0.0251. The van der Waals surface area contributed by atoms with E-state index < -0.39 is 0 Å². The summed E-state index contributed by atoms with van der Waals surface area (Å²) in [5.41, 5.74) is 1.86. The van der Waals surface area contributed by atoms with E-state index in [2.05, 4.69) is 4.99 Å². The minimum Gasteiger partial charge on any atom is -0.504 e. The highest BCUT2D eigenvalue weighted by Crippen LogP contribution is 2.30. The summed E-state index contributed by atoms with van der Waals surface area (Å²) in [6.07, 6.45) is 5.43. The van der Waals surface area contributed by atoms with Crippen LogP contribution >= 0.6 is 0 Å². The van der Waals surface area contributed by atoms with Crippen molar-refractivity contribution < 1.29 is 14.6 Å². The van der Waals surface area contributed by atoms with Crippen molar-refractivity contribution in [3.8, 4) is 11.5 Å². The molecule has 1 fully saturated rings. The largest absolute Gasteiger partial charge is 0.504 e. The number of nitrogens with zero attached hydrogens (tertiary/aromatic N) is 2. The molecule has 0 aliphatic carbocycles. The summed E-state index contributed by atoms with van der Waals surface area (Å²) < 4.78 is 4.98. The number of methoxy groups -OCH3 is 1. The van der Waals surface area contributed by atoms with E-state index in [1.54, 1.807) is 23.2 Å². The summed E-state index contributed by atoms with van der Waals surface area (Å²) in [6, 6.07) is 4.92. The third-order valence-electron chi connectivity index (χ3n) is 3.38. The molecule has 20 heavy (non-hydrogen) atoms. The molecule has 0 aromatic heterocycles. The second kappa shape index (κ2) is 6.23. The summed E-state index contributed by atoms with van der Waals surface area (Å²) in [5.74, 6) is 0.463. The highest BCUT2D eigenvalue weighted by molar-refractivity contribution is 5.74. The predicted octanol–water partition coefficient (Wildman–Crippen LogP) is 2.28. The molecule has 0 saturated carbocycles. The van der Waals surface area contributed by atoms with Crippen LogP contribution in [0.4, 0.5) is 5.69 Å². The maximum absolute atomic E-state index is 11.0. The number of phenols is 1. The molecule has 1 aromatic rings. The predicted molar refractivity (Wildman–Crippen MR) is 77.7 cm³/mol. The Labute approximate surface area is 118 Å². The molecule has 1 atom stereocenters. The quantitative estimate of drug-likeness (QED) is 0.520. The highest BCUT2D eigenvalue weighted by Gasteiger charge is 2.24. The van der Waals surface area contributed by atoms with Crippen molar-refractivity contribution >= 4 is 18.3 Å². The molecule has 0 spiro atoms. The van der Waals surface area contributed by atoms with Gasteiger partial charge in [-0.05, 0) is 25.5 Å². The number of carbonyl (C=O) groups excluding carboxylic acids is 1. The summed E-state index contributed by atoms with van der Waals surface area (Å²) in [4.78, 5) is 17.0. The van der Waals surface area contributed by atoms with Gasteiger partial charge in [0.15, 0.2) is 11.5 Å². The first-order chi connectivity index (χ1) is 9.67. The zero-order valence-electron chi connectivity index (χ0n) is 11.6. The Morgan fingerprint density at radius 2 is 2.30 bits per heavy atom. The molecule has 5 heteroatoms. The van der Waals surface area contributed by atoms with E-state index in [1.807, 2.05) is 13.0 Å². The van der Waals surface area contributed by atoms with Crippen LogP contribution < -0.4 is 4.74 Å². The third-order valence-corrected chi connectivity index (χ3v) is 3.38. The van der Waals surface area contributed by atoms with Gasteiger partial charge in [-0.1, -0.05) is 11.6 Å². The number of ether oxygens (including phenoxy) is 1. The number of amides is 1. The molecular formula is C15H18N2O3. The number of allylic oxidation sites excluding steroid dienone is 1. The van der Waals surface area contributed by atoms with Gasteiger partial charge < -0.3 is 14.7 Å². The summed E-state index contributed by atoms with van der Waals surface area (Å²) >= 11 is 0. The average Bonchev–Trinajstić information content (AvgIpc) is 2.87. The zero-order valence-corrected chi connectivity index (χ0v) is 11.6. The Hall–Kier alpha value is -2.30. The molecule has 1 unspecified atom stereocenters. The van der Waals surface area contributed by atoms with E-state index in [1.165, 1.54) is 18.7 Å². The Balaban J connectivity index is 2.12. The van der Waals surface area contributed by atoms with Crippen LogP contribution in [0, 0.1) is 0 Å². The molecule has 1 heterocycles. The van der Waals surface area contributed by atoms with Crippen LogP contribution in [0.25, 0.3) is 0 Å². The first-order valence-corrected chi connectivity index (χ1v) is 6.44. The molecule has 1 aliphatic rings. The molecule has 1 aliphatic heterocycles. The highest BCUT2D eigenvalue weighted by atomic mass is 16.5. The van der Waals surface area contributed by atoms with Crippen LogP contribution in [0.5, 0.6) is 11.5 Å². The Morgan fingerprint density at radius 3 is 2.90 bits per heavy atom. The van der Waals surface area contributed by atoms with Crippen molar-refractivity contribution in [1.29, 1.82) is 0 Å². The smallest absolute Gasteiger partial charge is 0.210 e. The van der Waals surface area contributed by atoms with Gasteiger partial charge in [0.2, 0.25) is 6.41 Å². The molecule has 1 aromatic carbocycles. The van der Waals surface area contributed by atoms with Gasteiger partial charge in [-0.15, -0.1) is 0 Å². The standard InChI is InChI=1S/C15H18N2O3/c1-3-11-6-13(17(9-11)10-18)8-16-12-4-5-15(20-2)14(19)7-12/h3-5,7-8,10,13,19H,6,9H2,1-2H3/b11-3+,16-8?. The fraction of sp³-hybridized carbons (Fsp3) is 0.333. The second-order valence-corrected chi connectivity index (χ2v) is 4.63. The van der Waals surface area contributed by atoms with Crippen LogP contribution in [0.1, 0.15) is 13.3 Å². The second-order valence-electron chi connectivity index (χ2n) is 4.63. The topological polar surface area (TPSA) is 62.1 Å². The summed E-state index contributed by atoms with van der Waals surface area (Å²) in [5, 5.41) is 9.69. The molecule has 0 bridgehead atoms. The molecule has 1 N–H and O–H groups in total. The maximum atomic E-state index is 11.0. The molecule has 106 valence electrons. The van der Waals surface area contributed by atoms with Crippen molar-refractivity contribution in [1.82, 2.24) is 4.90 Å². The SMILES string of the molecule is C/C=C1\CC(C=Nc2ccc(OC)c(O)c2)N(C=O)C1. The lowest BCUT2D eigenvalue weighted by atomic mass is 10.1. The Kier molecular flexibility index (Phi) is 4.40. The van der Waals surface area contributed by atoms with E-state index in [0.717, 1.165) is 12.8 Å². The van der Waals surface area contributed by atoms with Gasteiger partial charge in [0.25, 0.3) is 0 Å². The van der Waals surface area contributed by atoms with Crippen LogP contribution in [-0.2, 0) is 4.79 Å². The van der Waals surface area contributed by atoms with Crippen LogP contribution in [0.15, 0.2) is 34.8 Å². The van der Waals surface area contributed by atoms with E-state index >= 15 is 0 Å². The number of rotatable bonds is 4. The first-order valence-electron chi connectivity index (χ1n) is 6.44. The van der Waals surface area contributed by atoms with Crippen molar-refractivity contribution in [3.63, 3.8) is 0 Å². The lowest BCUT2D eigenvalue weighted by Crippen LogP contribution is -2.28. The third kappa shape index (κ3) is 2.99. The number of aromatic hydroxyl groups is 1. The normalized spacial score (nSPS) is 20.8. The van der Waals surface area contributed by atoms with E-state index in [4.69, 9.17) is 4.74 Å². The number of hydrogen-bond acceptors (Lipinski definition) is 4. The number of phenolic OH excluding ortho intramolecular Hbond substituents is 1. The maximum Gasteiger partial charge on any atom is 0.210 e. The van der Waals surface area contributed by atoms with E-state index in [-0.39, 0.29) is 11.8 Å². The lowest BCUT2D eigenvalue weighted by molar-refractivity contribution is -0.117. The van der Waals surface area contributed by atoms with Crippen molar-refractivity contribution in [2.45, 2.75) is 19.4 Å². The van der Waals surface area contributed by atoms with E-state index in [0.29, 0.717) is 18.0 Å². The monoisotopic (exact) mass is 274 g/mol. The van der Waals surface area contributed by atoms with Crippen LogP contribution in [0.2, 0.25) is 0 Å². The van der Waals surface area contributed by atoms with Crippen molar-refractivity contribution in [2.24, 2.45) is 4.99 Å². The van der Waals surface area contributed by atoms with Gasteiger partial charge >= 0.3 is 0 Å². The molecular weight excluding hydrogens is 256 g/mol. The number of likely N-dealkylation sites (tertiary alicyclic amines) is 1. The molecule has 2 rings (SSSR count). The fourth-order valence-electron chi connectivity index (χ4n) is 2.20. The van der Waals surface area contributed by atoms with Gasteiger partial charge in [0.05, 0.1) is 18.8 Å². The summed E-state index contributed by atoms with van der Waals surface area (Å²) in [7, 11) is 1.50. The van der Waals surface area contributed by atoms with Gasteiger partial charge in [-0.25, -0.2) is 0 Å². The number of aliphatic imine (C=N–C) groups is 1. The van der Waals surface area contributed by atoms with Crippen molar-refractivity contribution in [3.05, 3.63) is 29.8 Å². The Bertz CT molecular complexity index is 552. The molecule has 1 saturated heterocycles. The molecule has 0 radical (unpaired) electrons. The van der Waals surface area contributed by atoms with Gasteiger partial charge in [-0.2, -0.15) is 0 Å². The zero-order chi connectivity index (χ0) is 14.5. The van der Waals surface area contributed by atoms with Crippen LogP contribution in [0.3, 0.4) is 0 Å². The lowest BCUT2D eigenvalue weighted by Gasteiger charge is -2.14. The van der Waals surface area contributed by atoms with E-state index in [9.17, 15) is 9.90 Å².